The van der Waals surface area contributed by atoms with Gasteiger partial charge in [0.1, 0.15) is 5.75 Å². The van der Waals surface area contributed by atoms with E-state index in [9.17, 15) is 4.79 Å². The first-order valence-corrected chi connectivity index (χ1v) is 8.52. The van der Waals surface area contributed by atoms with Gasteiger partial charge < -0.3 is 10.1 Å². The number of carbonyl (C=O) groups is 1. The summed E-state index contributed by atoms with van der Waals surface area (Å²) in [6, 6.07) is 15.7. The fourth-order valence-corrected chi connectivity index (χ4v) is 3.47. The number of hydrogen-bond donors (Lipinski definition) is 1. The second-order valence-electron chi connectivity index (χ2n) is 5.13. The van der Waals surface area contributed by atoms with E-state index in [1.54, 1.807) is 11.8 Å². The van der Waals surface area contributed by atoms with Crippen molar-refractivity contribution in [2.24, 2.45) is 0 Å². The molecule has 1 N–H and O–H groups in total. The van der Waals surface area contributed by atoms with Crippen molar-refractivity contribution in [1.29, 1.82) is 0 Å². The maximum Gasteiger partial charge on any atom is 0.252 e. The molecule has 0 radical (unpaired) electrons. The third kappa shape index (κ3) is 3.12. The average molecular weight is 313 g/mol. The Balaban J connectivity index is 1.81. The molecule has 2 aromatic carbocycles. The number of benzene rings is 2. The molecule has 1 aliphatic heterocycles. The first-order valence-electron chi connectivity index (χ1n) is 7.54. The zero-order chi connectivity index (χ0) is 15.4. The van der Waals surface area contributed by atoms with Gasteiger partial charge in [-0.05, 0) is 24.0 Å². The first kappa shape index (κ1) is 15.0. The number of carbonyl (C=O) groups excluding carboxylic acids is 1. The lowest BCUT2D eigenvalue weighted by Gasteiger charge is -2.26. The molecular weight excluding hydrogens is 294 g/mol. The van der Waals surface area contributed by atoms with Gasteiger partial charge in [-0.15, -0.1) is 11.8 Å². The van der Waals surface area contributed by atoms with Crippen LogP contribution in [0.15, 0.2) is 53.4 Å². The Morgan fingerprint density at radius 2 is 2.00 bits per heavy atom. The molecule has 0 aromatic heterocycles. The van der Waals surface area contributed by atoms with Crippen LogP contribution in [0.3, 0.4) is 0 Å². The molecule has 1 heterocycles. The summed E-state index contributed by atoms with van der Waals surface area (Å²) in [6.07, 6.45) is 0.797. The van der Waals surface area contributed by atoms with Gasteiger partial charge in [0.25, 0.3) is 5.91 Å². The van der Waals surface area contributed by atoms with Crippen LogP contribution in [0.2, 0.25) is 0 Å². The van der Waals surface area contributed by atoms with Gasteiger partial charge in [-0.3, -0.25) is 4.79 Å². The van der Waals surface area contributed by atoms with Crippen LogP contribution in [-0.2, 0) is 0 Å². The van der Waals surface area contributed by atoms with Crippen LogP contribution in [0.1, 0.15) is 35.3 Å². The fraction of sp³-hybridized carbons (Fsp3) is 0.278. The van der Waals surface area contributed by atoms with Crippen molar-refractivity contribution < 1.29 is 9.53 Å². The van der Waals surface area contributed by atoms with Crippen molar-refractivity contribution >= 4 is 17.7 Å². The Bertz CT molecular complexity index is 672. The maximum atomic E-state index is 12.7. The van der Waals surface area contributed by atoms with Gasteiger partial charge in [-0.2, -0.15) is 0 Å². The van der Waals surface area contributed by atoms with Crippen LogP contribution < -0.4 is 10.1 Å². The van der Waals surface area contributed by atoms with E-state index in [1.807, 2.05) is 48.5 Å². The van der Waals surface area contributed by atoms with E-state index in [0.29, 0.717) is 6.61 Å². The molecule has 2 aromatic rings. The molecule has 0 bridgehead atoms. The average Bonchev–Trinajstić information content (AvgIpc) is 2.56. The standard InChI is InChI=1S/C18H19NO2S/c1-2-22-17-10-6-4-8-14(17)18(20)19-15-11-12-21-16-9-5-3-7-13(15)16/h3-10,15H,2,11-12H2,1H3,(H,19,20)/t15-/m0/s1. The molecule has 0 saturated heterocycles. The molecule has 3 nitrogen and oxygen atoms in total. The van der Waals surface area contributed by atoms with Crippen LogP contribution in [0.4, 0.5) is 0 Å². The van der Waals surface area contributed by atoms with E-state index in [2.05, 4.69) is 12.2 Å². The van der Waals surface area contributed by atoms with Crippen molar-refractivity contribution in [3.63, 3.8) is 0 Å². The quantitative estimate of drug-likeness (QED) is 0.865. The van der Waals surface area contributed by atoms with E-state index in [1.165, 1.54) is 0 Å². The van der Waals surface area contributed by atoms with Crippen LogP contribution in [0.25, 0.3) is 0 Å². The topological polar surface area (TPSA) is 38.3 Å². The van der Waals surface area contributed by atoms with Gasteiger partial charge in [-0.1, -0.05) is 37.3 Å². The van der Waals surface area contributed by atoms with E-state index in [4.69, 9.17) is 4.74 Å². The summed E-state index contributed by atoms with van der Waals surface area (Å²) in [5, 5.41) is 3.16. The van der Waals surface area contributed by atoms with Crippen molar-refractivity contribution in [1.82, 2.24) is 5.32 Å². The van der Waals surface area contributed by atoms with Gasteiger partial charge in [0.05, 0.1) is 18.2 Å². The van der Waals surface area contributed by atoms with Crippen LogP contribution in [0, 0.1) is 0 Å². The number of nitrogens with one attached hydrogen (secondary N) is 1. The molecule has 0 fully saturated rings. The number of ether oxygens (including phenoxy) is 1. The Hall–Kier alpha value is -1.94. The summed E-state index contributed by atoms with van der Waals surface area (Å²) in [5.74, 6) is 1.80. The molecule has 0 aliphatic carbocycles. The minimum Gasteiger partial charge on any atom is -0.493 e. The van der Waals surface area contributed by atoms with Gasteiger partial charge in [0, 0.05) is 16.9 Å². The predicted molar refractivity (Wildman–Crippen MR) is 89.6 cm³/mol. The molecular formula is C18H19NO2S. The maximum absolute atomic E-state index is 12.7. The second kappa shape index (κ2) is 6.88. The summed E-state index contributed by atoms with van der Waals surface area (Å²) in [7, 11) is 0. The SMILES string of the molecule is CCSc1ccccc1C(=O)N[C@H]1CCOc2ccccc21. The monoisotopic (exact) mass is 313 g/mol. The zero-order valence-corrected chi connectivity index (χ0v) is 13.4. The number of amides is 1. The number of rotatable bonds is 4. The lowest BCUT2D eigenvalue weighted by molar-refractivity contribution is 0.0922. The third-order valence-electron chi connectivity index (χ3n) is 3.70. The predicted octanol–water partition coefficient (Wildman–Crippen LogP) is 4.05. The highest BCUT2D eigenvalue weighted by Crippen LogP contribution is 2.32. The van der Waals surface area contributed by atoms with Crippen molar-refractivity contribution in [3.8, 4) is 5.75 Å². The second-order valence-corrected chi connectivity index (χ2v) is 6.44. The van der Waals surface area contributed by atoms with Crippen LogP contribution in [-0.4, -0.2) is 18.3 Å². The Labute approximate surface area is 135 Å². The van der Waals surface area contributed by atoms with Crippen molar-refractivity contribution in [2.75, 3.05) is 12.4 Å². The molecule has 1 aliphatic rings. The smallest absolute Gasteiger partial charge is 0.252 e. The number of para-hydroxylation sites is 1. The van der Waals surface area contributed by atoms with Gasteiger partial charge in [-0.25, -0.2) is 0 Å². The highest BCUT2D eigenvalue weighted by molar-refractivity contribution is 7.99. The van der Waals surface area contributed by atoms with Crippen molar-refractivity contribution in [3.05, 3.63) is 59.7 Å². The molecule has 1 amide bonds. The van der Waals surface area contributed by atoms with Crippen LogP contribution >= 0.6 is 11.8 Å². The van der Waals surface area contributed by atoms with E-state index in [0.717, 1.165) is 33.9 Å². The molecule has 3 rings (SSSR count). The summed E-state index contributed by atoms with van der Waals surface area (Å²) >= 11 is 1.69. The number of thioether (sulfide) groups is 1. The molecule has 4 heteroatoms. The summed E-state index contributed by atoms with van der Waals surface area (Å²) in [5.41, 5.74) is 1.81. The zero-order valence-electron chi connectivity index (χ0n) is 12.5. The lowest BCUT2D eigenvalue weighted by atomic mass is 10.00. The molecule has 0 spiro atoms. The van der Waals surface area contributed by atoms with Gasteiger partial charge >= 0.3 is 0 Å². The molecule has 0 saturated carbocycles. The van der Waals surface area contributed by atoms with E-state index >= 15 is 0 Å². The summed E-state index contributed by atoms with van der Waals surface area (Å²) < 4.78 is 5.65. The molecule has 22 heavy (non-hydrogen) atoms. The largest absolute Gasteiger partial charge is 0.493 e. The molecule has 1 atom stereocenters. The number of hydrogen-bond acceptors (Lipinski definition) is 3. The Morgan fingerprint density at radius 1 is 1.23 bits per heavy atom. The Morgan fingerprint density at radius 3 is 2.86 bits per heavy atom. The minimum atomic E-state index is -0.0155. The third-order valence-corrected chi connectivity index (χ3v) is 4.65. The number of fused-ring (bicyclic) bond motifs is 1. The highest BCUT2D eigenvalue weighted by atomic mass is 32.2. The fourth-order valence-electron chi connectivity index (χ4n) is 2.66. The van der Waals surface area contributed by atoms with Crippen LogP contribution in [0.5, 0.6) is 5.75 Å². The first-order chi connectivity index (χ1) is 10.8. The lowest BCUT2D eigenvalue weighted by Crippen LogP contribution is -2.32. The normalized spacial score (nSPS) is 16.5. The Kier molecular flexibility index (Phi) is 4.68. The van der Waals surface area contributed by atoms with Gasteiger partial charge in [0.2, 0.25) is 0 Å². The van der Waals surface area contributed by atoms with E-state index < -0.39 is 0 Å². The molecule has 114 valence electrons. The highest BCUT2D eigenvalue weighted by Gasteiger charge is 2.23. The van der Waals surface area contributed by atoms with Crippen molar-refractivity contribution in [2.45, 2.75) is 24.3 Å². The summed E-state index contributed by atoms with van der Waals surface area (Å²) in [4.78, 5) is 13.7. The van der Waals surface area contributed by atoms with E-state index in [-0.39, 0.29) is 11.9 Å². The minimum absolute atomic E-state index is 0.0112. The van der Waals surface area contributed by atoms with Gasteiger partial charge in [0.15, 0.2) is 0 Å². The molecule has 0 unspecified atom stereocenters. The summed E-state index contributed by atoms with van der Waals surface area (Å²) in [6.45, 7) is 2.72.